The zero-order valence-corrected chi connectivity index (χ0v) is 12.0. The van der Waals surface area contributed by atoms with E-state index in [2.05, 4.69) is 31.4 Å². The van der Waals surface area contributed by atoms with E-state index in [-0.39, 0.29) is 11.8 Å². The molecule has 0 aromatic heterocycles. The summed E-state index contributed by atoms with van der Waals surface area (Å²) < 4.78 is 0. The maximum Gasteiger partial charge on any atom is 0.222 e. The molecule has 1 rings (SSSR count). The Kier molecular flexibility index (Phi) is 4.99. The first-order chi connectivity index (χ1) is 7.82. The second kappa shape index (κ2) is 5.85. The van der Waals surface area contributed by atoms with Gasteiger partial charge in [-0.05, 0) is 24.2 Å². The Labute approximate surface area is 106 Å². The molecule has 2 atom stereocenters. The Hall–Kier alpha value is -0.570. The molecule has 0 heterocycles. The molecule has 1 amide bonds. The Bertz CT molecular complexity index is 261. The zero-order valence-electron chi connectivity index (χ0n) is 12.0. The molecule has 1 saturated carbocycles. The Morgan fingerprint density at radius 1 is 1.29 bits per heavy atom. The van der Waals surface area contributed by atoms with Gasteiger partial charge in [0.2, 0.25) is 5.91 Å². The monoisotopic (exact) mass is 240 g/mol. The van der Waals surface area contributed by atoms with Gasteiger partial charge in [0.25, 0.3) is 0 Å². The normalized spacial score (nSPS) is 27.4. The summed E-state index contributed by atoms with van der Waals surface area (Å²) in [5.74, 6) is 0.969. The van der Waals surface area contributed by atoms with E-state index < -0.39 is 0 Å². The summed E-state index contributed by atoms with van der Waals surface area (Å²) in [5.41, 5.74) is 0.470. The highest BCUT2D eigenvalue weighted by molar-refractivity contribution is 5.77. The van der Waals surface area contributed by atoms with Crippen molar-refractivity contribution in [3.8, 4) is 0 Å². The third kappa shape index (κ3) is 4.66. The van der Waals surface area contributed by atoms with Crippen molar-refractivity contribution in [3.63, 3.8) is 0 Å². The molecule has 100 valence electrons. The predicted molar refractivity (Wildman–Crippen MR) is 71.8 cm³/mol. The number of carbonyl (C=O) groups is 1. The lowest BCUT2D eigenvalue weighted by Crippen LogP contribution is -2.39. The molecule has 1 aliphatic rings. The number of carbonyl (C=O) groups excluding carboxylic acids is 1. The van der Waals surface area contributed by atoms with Gasteiger partial charge in [0.05, 0.1) is 0 Å². The summed E-state index contributed by atoms with van der Waals surface area (Å²) in [7, 11) is 0. The molecule has 0 saturated heterocycles. The average molecular weight is 240 g/mol. The van der Waals surface area contributed by atoms with E-state index in [4.69, 9.17) is 0 Å². The first-order valence-corrected chi connectivity index (χ1v) is 6.83. The van der Waals surface area contributed by atoms with Gasteiger partial charge in [0, 0.05) is 25.0 Å². The molecule has 0 aromatic rings. The number of hydrogen-bond acceptors (Lipinski definition) is 2. The van der Waals surface area contributed by atoms with Crippen LogP contribution in [0.1, 0.15) is 47.5 Å². The van der Waals surface area contributed by atoms with Gasteiger partial charge in [0.15, 0.2) is 0 Å². The highest BCUT2D eigenvalue weighted by Crippen LogP contribution is 2.40. The van der Waals surface area contributed by atoms with Gasteiger partial charge in [-0.2, -0.15) is 0 Å². The standard InChI is InChI=1S/C14H28N2O/c1-10(2)13(17)16-7-6-15-12-9-14(4,5)8-11(12)3/h10-12,15H,6-9H2,1-5H3,(H,16,17)/t11-,12+/m0/s1. The molecule has 1 fully saturated rings. The molecule has 0 unspecified atom stereocenters. The summed E-state index contributed by atoms with van der Waals surface area (Å²) in [6, 6.07) is 0.612. The molecule has 0 spiro atoms. The highest BCUT2D eigenvalue weighted by Gasteiger charge is 2.35. The fourth-order valence-corrected chi connectivity index (χ4v) is 2.81. The van der Waals surface area contributed by atoms with Crippen LogP contribution < -0.4 is 10.6 Å². The Balaban J connectivity index is 2.17. The number of nitrogens with one attached hydrogen (secondary N) is 2. The van der Waals surface area contributed by atoms with E-state index in [0.717, 1.165) is 19.0 Å². The van der Waals surface area contributed by atoms with Gasteiger partial charge in [0.1, 0.15) is 0 Å². The summed E-state index contributed by atoms with van der Waals surface area (Å²) in [4.78, 5) is 11.4. The van der Waals surface area contributed by atoms with Crippen molar-refractivity contribution in [2.75, 3.05) is 13.1 Å². The van der Waals surface area contributed by atoms with Crippen molar-refractivity contribution >= 4 is 5.91 Å². The minimum atomic E-state index is 0.0827. The fraction of sp³-hybridized carbons (Fsp3) is 0.929. The molecule has 0 radical (unpaired) electrons. The molecule has 1 aliphatic carbocycles. The van der Waals surface area contributed by atoms with Crippen molar-refractivity contribution in [2.24, 2.45) is 17.3 Å². The topological polar surface area (TPSA) is 41.1 Å². The van der Waals surface area contributed by atoms with Gasteiger partial charge in [-0.25, -0.2) is 0 Å². The SMILES string of the molecule is CC(C)C(=O)NCCN[C@@H]1CC(C)(C)C[C@@H]1C. The van der Waals surface area contributed by atoms with Crippen molar-refractivity contribution in [1.29, 1.82) is 0 Å². The molecular weight excluding hydrogens is 212 g/mol. The molecule has 2 N–H and O–H groups in total. The third-order valence-electron chi connectivity index (χ3n) is 3.69. The van der Waals surface area contributed by atoms with Crippen molar-refractivity contribution < 1.29 is 4.79 Å². The molecule has 0 bridgehead atoms. The largest absolute Gasteiger partial charge is 0.355 e. The van der Waals surface area contributed by atoms with Crippen LogP contribution in [0.15, 0.2) is 0 Å². The molecule has 0 aliphatic heterocycles. The summed E-state index contributed by atoms with van der Waals surface area (Å²) >= 11 is 0. The predicted octanol–water partition coefficient (Wildman–Crippen LogP) is 2.17. The zero-order chi connectivity index (χ0) is 13.1. The highest BCUT2D eigenvalue weighted by atomic mass is 16.1. The Morgan fingerprint density at radius 2 is 1.94 bits per heavy atom. The van der Waals surface area contributed by atoms with E-state index in [1.54, 1.807) is 0 Å². The smallest absolute Gasteiger partial charge is 0.222 e. The molecule has 3 nitrogen and oxygen atoms in total. The van der Waals surface area contributed by atoms with Gasteiger partial charge >= 0.3 is 0 Å². The number of amides is 1. The maximum absolute atomic E-state index is 11.4. The maximum atomic E-state index is 11.4. The van der Waals surface area contributed by atoms with E-state index in [1.807, 2.05) is 13.8 Å². The van der Waals surface area contributed by atoms with Crippen LogP contribution in [0.25, 0.3) is 0 Å². The Morgan fingerprint density at radius 3 is 2.41 bits per heavy atom. The van der Waals surface area contributed by atoms with Crippen molar-refractivity contribution in [1.82, 2.24) is 10.6 Å². The summed E-state index contributed by atoms with van der Waals surface area (Å²) in [6.07, 6.45) is 2.54. The number of rotatable bonds is 5. The molecule has 0 aromatic carbocycles. The third-order valence-corrected chi connectivity index (χ3v) is 3.69. The molecule has 3 heteroatoms. The average Bonchev–Trinajstić information content (AvgIpc) is 2.46. The first kappa shape index (κ1) is 14.5. The van der Waals surface area contributed by atoms with Crippen LogP contribution in [0.3, 0.4) is 0 Å². The quantitative estimate of drug-likeness (QED) is 0.723. The van der Waals surface area contributed by atoms with E-state index in [0.29, 0.717) is 11.5 Å². The van der Waals surface area contributed by atoms with Crippen molar-refractivity contribution in [2.45, 2.75) is 53.5 Å². The van der Waals surface area contributed by atoms with Crippen LogP contribution in [0.4, 0.5) is 0 Å². The van der Waals surface area contributed by atoms with Crippen LogP contribution in [0.2, 0.25) is 0 Å². The molecular formula is C14H28N2O. The van der Waals surface area contributed by atoms with Crippen LogP contribution in [-0.2, 0) is 4.79 Å². The number of hydrogen-bond donors (Lipinski definition) is 2. The first-order valence-electron chi connectivity index (χ1n) is 6.83. The van der Waals surface area contributed by atoms with Gasteiger partial charge in [-0.1, -0.05) is 34.6 Å². The van der Waals surface area contributed by atoms with Gasteiger partial charge in [-0.3, -0.25) is 4.79 Å². The fourth-order valence-electron chi connectivity index (χ4n) is 2.81. The van der Waals surface area contributed by atoms with E-state index >= 15 is 0 Å². The lowest BCUT2D eigenvalue weighted by atomic mass is 9.91. The van der Waals surface area contributed by atoms with E-state index in [1.165, 1.54) is 12.8 Å². The van der Waals surface area contributed by atoms with Gasteiger partial charge < -0.3 is 10.6 Å². The van der Waals surface area contributed by atoms with Crippen LogP contribution in [0, 0.1) is 17.3 Å². The minimum Gasteiger partial charge on any atom is -0.355 e. The van der Waals surface area contributed by atoms with Crippen molar-refractivity contribution in [3.05, 3.63) is 0 Å². The minimum absolute atomic E-state index is 0.0827. The summed E-state index contributed by atoms with van der Waals surface area (Å²) in [6.45, 7) is 12.5. The molecule has 17 heavy (non-hydrogen) atoms. The van der Waals surface area contributed by atoms with Crippen LogP contribution in [0.5, 0.6) is 0 Å². The van der Waals surface area contributed by atoms with Crippen LogP contribution >= 0.6 is 0 Å². The second-order valence-corrected chi connectivity index (χ2v) is 6.56. The summed E-state index contributed by atoms with van der Waals surface area (Å²) in [5, 5.41) is 6.51. The lowest BCUT2D eigenvalue weighted by Gasteiger charge is -2.19. The second-order valence-electron chi connectivity index (χ2n) is 6.56. The van der Waals surface area contributed by atoms with E-state index in [9.17, 15) is 4.79 Å². The van der Waals surface area contributed by atoms with Crippen LogP contribution in [-0.4, -0.2) is 25.0 Å². The van der Waals surface area contributed by atoms with Gasteiger partial charge in [-0.15, -0.1) is 0 Å². The lowest BCUT2D eigenvalue weighted by molar-refractivity contribution is -0.123.